The Morgan fingerprint density at radius 1 is 1.20 bits per heavy atom. The van der Waals surface area contributed by atoms with Crippen molar-refractivity contribution in [3.05, 3.63) is 0 Å². The zero-order valence-electron chi connectivity index (χ0n) is 13.1. The van der Waals surface area contributed by atoms with Crippen LogP contribution < -0.4 is 5.73 Å². The van der Waals surface area contributed by atoms with Crippen molar-refractivity contribution in [2.45, 2.75) is 40.2 Å². The number of nitrogens with two attached hydrogens (primary N) is 1. The molecule has 20 heavy (non-hydrogen) atoms. The van der Waals surface area contributed by atoms with Crippen LogP contribution in [0.25, 0.3) is 0 Å². The van der Waals surface area contributed by atoms with Gasteiger partial charge in [0.05, 0.1) is 5.75 Å². The van der Waals surface area contributed by atoms with E-state index < -0.39 is 15.6 Å². The molecule has 0 spiro atoms. The summed E-state index contributed by atoms with van der Waals surface area (Å²) in [6.07, 6.45) is 0.685. The van der Waals surface area contributed by atoms with Crippen molar-refractivity contribution >= 4 is 28.2 Å². The number of carbonyl (C=O) groups excluding carboxylic acids is 1. The van der Waals surface area contributed by atoms with Gasteiger partial charge in [-0.25, -0.2) is 8.42 Å². The molecule has 0 fully saturated rings. The summed E-state index contributed by atoms with van der Waals surface area (Å²) >= 11 is 0. The summed E-state index contributed by atoms with van der Waals surface area (Å²) in [4.78, 5) is 13.3. The van der Waals surface area contributed by atoms with Crippen molar-refractivity contribution in [2.75, 3.05) is 25.1 Å². The van der Waals surface area contributed by atoms with E-state index in [-0.39, 0.29) is 36.0 Å². The third kappa shape index (κ3) is 9.55. The van der Waals surface area contributed by atoms with Crippen LogP contribution in [0.15, 0.2) is 0 Å². The Labute approximate surface area is 129 Å². The second-order valence-corrected chi connectivity index (χ2v) is 8.07. The van der Waals surface area contributed by atoms with Crippen LogP contribution in [0.2, 0.25) is 0 Å². The molecule has 0 aromatic carbocycles. The third-order valence-electron chi connectivity index (χ3n) is 3.01. The van der Waals surface area contributed by atoms with Gasteiger partial charge in [0.1, 0.15) is 5.75 Å². The van der Waals surface area contributed by atoms with E-state index in [9.17, 15) is 13.2 Å². The van der Waals surface area contributed by atoms with Gasteiger partial charge in [0, 0.05) is 19.6 Å². The largest absolute Gasteiger partial charge is 0.345 e. The van der Waals surface area contributed by atoms with Crippen LogP contribution in [0.3, 0.4) is 0 Å². The number of rotatable bonds is 8. The number of carbonyl (C=O) groups is 1. The molecule has 1 unspecified atom stereocenters. The van der Waals surface area contributed by atoms with Crippen LogP contribution in [0, 0.1) is 11.8 Å². The van der Waals surface area contributed by atoms with Crippen LogP contribution in [0.4, 0.5) is 0 Å². The molecule has 1 atom stereocenters. The van der Waals surface area contributed by atoms with Crippen LogP contribution >= 0.6 is 12.4 Å². The van der Waals surface area contributed by atoms with Gasteiger partial charge in [0.15, 0.2) is 9.84 Å². The molecule has 0 aliphatic rings. The van der Waals surface area contributed by atoms with Crippen molar-refractivity contribution in [1.29, 1.82) is 0 Å². The molecule has 0 aromatic rings. The normalized spacial score (nSPS) is 13.2. The lowest BCUT2D eigenvalue weighted by Crippen LogP contribution is -2.38. The van der Waals surface area contributed by atoms with Crippen molar-refractivity contribution in [1.82, 2.24) is 4.90 Å². The second-order valence-electron chi connectivity index (χ2n) is 5.96. The SMILES string of the molecule is CC(C)CS(=O)(=O)CC(=O)N(C)CCC(N)C(C)C.Cl. The van der Waals surface area contributed by atoms with E-state index in [2.05, 4.69) is 0 Å². The summed E-state index contributed by atoms with van der Waals surface area (Å²) in [5.74, 6) is -0.307. The molecule has 0 saturated carbocycles. The quantitative estimate of drug-likeness (QED) is 0.728. The number of hydrogen-bond donors (Lipinski definition) is 1. The van der Waals surface area contributed by atoms with Crippen molar-refractivity contribution in [3.63, 3.8) is 0 Å². The van der Waals surface area contributed by atoms with Crippen molar-refractivity contribution < 1.29 is 13.2 Å². The summed E-state index contributed by atoms with van der Waals surface area (Å²) in [5.41, 5.74) is 5.90. The van der Waals surface area contributed by atoms with Gasteiger partial charge in [-0.05, 0) is 18.3 Å². The molecule has 0 bridgehead atoms. The summed E-state index contributed by atoms with van der Waals surface area (Å²) < 4.78 is 23.5. The second kappa shape index (κ2) is 9.58. The Morgan fingerprint density at radius 3 is 2.10 bits per heavy atom. The average molecular weight is 329 g/mol. The molecule has 1 amide bonds. The minimum Gasteiger partial charge on any atom is -0.345 e. The van der Waals surface area contributed by atoms with Gasteiger partial charge in [-0.15, -0.1) is 12.4 Å². The lowest BCUT2D eigenvalue weighted by atomic mass is 10.0. The topological polar surface area (TPSA) is 80.5 Å². The third-order valence-corrected chi connectivity index (χ3v) is 4.87. The first-order chi connectivity index (χ1) is 8.55. The first-order valence-corrected chi connectivity index (χ1v) is 8.57. The van der Waals surface area contributed by atoms with Crippen LogP contribution in [0.5, 0.6) is 0 Å². The standard InChI is InChI=1S/C13H28N2O3S.ClH/c1-10(2)8-19(17,18)9-13(16)15(5)7-6-12(14)11(3)4;/h10-12H,6-9,14H2,1-5H3;1H. The maximum atomic E-state index is 11.8. The summed E-state index contributed by atoms with van der Waals surface area (Å²) in [6.45, 7) is 8.20. The van der Waals surface area contributed by atoms with E-state index in [1.54, 1.807) is 7.05 Å². The highest BCUT2D eigenvalue weighted by Crippen LogP contribution is 2.05. The molecule has 0 radical (unpaired) electrons. The van der Waals surface area contributed by atoms with E-state index in [1.807, 2.05) is 27.7 Å². The molecule has 7 heteroatoms. The number of amides is 1. The highest BCUT2D eigenvalue weighted by molar-refractivity contribution is 7.92. The van der Waals surface area contributed by atoms with Gasteiger partial charge < -0.3 is 10.6 Å². The minimum absolute atomic E-state index is 0. The highest BCUT2D eigenvalue weighted by Gasteiger charge is 2.21. The minimum atomic E-state index is -3.30. The van der Waals surface area contributed by atoms with Gasteiger partial charge >= 0.3 is 0 Å². The van der Waals surface area contributed by atoms with Gasteiger partial charge in [-0.3, -0.25) is 4.79 Å². The van der Waals surface area contributed by atoms with Gasteiger partial charge in [0.25, 0.3) is 0 Å². The molecule has 0 aliphatic carbocycles. The van der Waals surface area contributed by atoms with Crippen molar-refractivity contribution in [3.8, 4) is 0 Å². The molecule has 5 nitrogen and oxygen atoms in total. The first kappa shape index (κ1) is 22.0. The summed E-state index contributed by atoms with van der Waals surface area (Å²) in [6, 6.07) is 0.0301. The lowest BCUT2D eigenvalue weighted by Gasteiger charge is -2.21. The zero-order chi connectivity index (χ0) is 15.2. The highest BCUT2D eigenvalue weighted by atomic mass is 35.5. The van der Waals surface area contributed by atoms with Crippen LogP contribution in [-0.2, 0) is 14.6 Å². The maximum absolute atomic E-state index is 11.8. The molecular formula is C13H29ClN2O3S. The first-order valence-electron chi connectivity index (χ1n) is 6.75. The number of nitrogens with zero attached hydrogens (tertiary/aromatic N) is 1. The summed E-state index contributed by atoms with van der Waals surface area (Å²) in [5, 5.41) is 0. The Kier molecular flexibility index (Phi) is 10.5. The van der Waals surface area contributed by atoms with Crippen LogP contribution in [-0.4, -0.2) is 50.4 Å². The summed E-state index contributed by atoms with van der Waals surface area (Å²) in [7, 11) is -1.68. The van der Waals surface area contributed by atoms with E-state index >= 15 is 0 Å². The fourth-order valence-corrected chi connectivity index (χ4v) is 3.40. The molecule has 2 N–H and O–H groups in total. The monoisotopic (exact) mass is 328 g/mol. The van der Waals surface area contributed by atoms with E-state index in [0.717, 1.165) is 0 Å². The number of sulfone groups is 1. The Morgan fingerprint density at radius 2 is 1.70 bits per heavy atom. The zero-order valence-corrected chi connectivity index (χ0v) is 14.8. The smallest absolute Gasteiger partial charge is 0.237 e. The molecular weight excluding hydrogens is 300 g/mol. The predicted molar refractivity (Wildman–Crippen MR) is 85.8 cm³/mol. The average Bonchev–Trinajstić information content (AvgIpc) is 2.22. The Hall–Kier alpha value is -0.330. The van der Waals surface area contributed by atoms with Crippen molar-refractivity contribution in [2.24, 2.45) is 17.6 Å². The Balaban J connectivity index is 0. The number of hydrogen-bond acceptors (Lipinski definition) is 4. The maximum Gasteiger partial charge on any atom is 0.237 e. The Bertz CT molecular complexity index is 383. The van der Waals surface area contributed by atoms with Crippen LogP contribution in [0.1, 0.15) is 34.1 Å². The van der Waals surface area contributed by atoms with E-state index in [1.165, 1.54) is 4.90 Å². The van der Waals surface area contributed by atoms with Gasteiger partial charge in [0.2, 0.25) is 5.91 Å². The molecule has 0 saturated heterocycles. The van der Waals surface area contributed by atoms with E-state index in [4.69, 9.17) is 5.73 Å². The molecule has 122 valence electrons. The molecule has 0 aliphatic heterocycles. The molecule has 0 heterocycles. The fraction of sp³-hybridized carbons (Fsp3) is 0.923. The number of halogens is 1. The fourth-order valence-electron chi connectivity index (χ4n) is 1.67. The predicted octanol–water partition coefficient (Wildman–Crippen LogP) is 1.31. The lowest BCUT2D eigenvalue weighted by molar-refractivity contribution is -0.127. The molecule has 0 aromatic heterocycles. The van der Waals surface area contributed by atoms with Gasteiger partial charge in [-0.2, -0.15) is 0 Å². The van der Waals surface area contributed by atoms with E-state index in [0.29, 0.717) is 18.9 Å². The van der Waals surface area contributed by atoms with Gasteiger partial charge in [-0.1, -0.05) is 27.7 Å². The molecule has 0 rings (SSSR count).